The molecule has 0 heterocycles. The Bertz CT molecular complexity index is 107. The summed E-state index contributed by atoms with van der Waals surface area (Å²) in [4.78, 5) is 0. The molecule has 1 nitrogen and oxygen atoms in total. The Morgan fingerprint density at radius 1 is 1.25 bits per heavy atom. The fourth-order valence-electron chi connectivity index (χ4n) is 1.17. The molecule has 0 unspecified atom stereocenters. The molecule has 12 heavy (non-hydrogen) atoms. The van der Waals surface area contributed by atoms with Crippen LogP contribution in [-0.4, -0.2) is 32.6 Å². The molecule has 0 fully saturated rings. The van der Waals surface area contributed by atoms with E-state index >= 15 is 0 Å². The summed E-state index contributed by atoms with van der Waals surface area (Å²) in [5, 5.41) is 1.25. The molecule has 0 spiro atoms. The number of hydrogen-bond acceptors (Lipinski definition) is 1. The Kier molecular flexibility index (Phi) is 7.67. The first-order chi connectivity index (χ1) is 5.62. The van der Waals surface area contributed by atoms with E-state index in [1.165, 1.54) is 30.4 Å². The number of hydrogen-bond donors (Lipinski definition) is 0. The molecule has 0 atom stereocenters. The van der Waals surface area contributed by atoms with Crippen molar-refractivity contribution in [3.63, 3.8) is 0 Å². The van der Waals surface area contributed by atoms with Crippen molar-refractivity contribution in [2.24, 2.45) is 0 Å². The van der Waals surface area contributed by atoms with E-state index in [4.69, 9.17) is 4.43 Å². The van der Waals surface area contributed by atoms with Crippen molar-refractivity contribution in [1.82, 2.24) is 0 Å². The van der Waals surface area contributed by atoms with E-state index < -0.39 is 8.32 Å². The summed E-state index contributed by atoms with van der Waals surface area (Å²) in [6, 6.07) is 1.33. The van der Waals surface area contributed by atoms with E-state index in [-0.39, 0.29) is 0 Å². The third-order valence-corrected chi connectivity index (χ3v) is 4.67. The van der Waals surface area contributed by atoms with Crippen LogP contribution in [0, 0.1) is 0 Å². The Balaban J connectivity index is 3.42. The molecule has 68 valence electrons. The predicted octanol–water partition coefficient (Wildman–Crippen LogP) is 2.99. The van der Waals surface area contributed by atoms with Gasteiger partial charge in [-0.3, -0.25) is 0 Å². The van der Waals surface area contributed by atoms with E-state index in [2.05, 4.69) is 37.7 Å². The summed E-state index contributed by atoms with van der Waals surface area (Å²) >= 11 is 2.21. The molecule has 0 rings (SSSR count). The van der Waals surface area contributed by atoms with Crippen LogP contribution in [0.4, 0.5) is 0 Å². The van der Waals surface area contributed by atoms with Gasteiger partial charge in [0.05, 0.1) is 0 Å². The summed E-state index contributed by atoms with van der Waals surface area (Å²) in [5.74, 6) is 0. The molecule has 0 aliphatic carbocycles. The van der Waals surface area contributed by atoms with E-state index in [0.29, 0.717) is 0 Å². The van der Waals surface area contributed by atoms with Gasteiger partial charge in [0, 0.05) is 0 Å². The van der Waals surface area contributed by atoms with Gasteiger partial charge >= 0.3 is 87.5 Å². The van der Waals surface area contributed by atoms with E-state index in [0.717, 1.165) is 6.61 Å². The van der Waals surface area contributed by atoms with Crippen molar-refractivity contribution >= 4 is 26.0 Å². The van der Waals surface area contributed by atoms with Gasteiger partial charge in [0.15, 0.2) is 0 Å². The standard InChI is InChI=1S/C9H21OSi.Li/c1-5-7-9-11(3,4)10-8-6-2;/h2,5-9H2,1,3-4H3;. The Hall–Kier alpha value is 0.774. The average molecular weight is 180 g/mol. The second kappa shape index (κ2) is 7.20. The van der Waals surface area contributed by atoms with Gasteiger partial charge in [-0.1, -0.05) is 0 Å². The first-order valence-corrected chi connectivity index (χ1v) is 8.38. The fraction of sp³-hybridized carbons (Fsp3) is 1.00. The molecule has 0 saturated heterocycles. The molecule has 0 aromatic heterocycles. The molecule has 0 aliphatic heterocycles. The first-order valence-electron chi connectivity index (χ1n) is 5.26. The molecular weight excluding hydrogens is 159 g/mol. The third-order valence-electron chi connectivity index (χ3n) is 2.12. The number of unbranched alkanes of at least 4 members (excludes halogenated alkanes) is 1. The summed E-state index contributed by atoms with van der Waals surface area (Å²) < 4.78 is 5.91. The van der Waals surface area contributed by atoms with Gasteiger partial charge in [0.1, 0.15) is 0 Å². The van der Waals surface area contributed by atoms with Crippen LogP contribution in [0.25, 0.3) is 0 Å². The second-order valence-corrected chi connectivity index (χ2v) is 8.37. The predicted molar refractivity (Wildman–Crippen MR) is 58.3 cm³/mol. The van der Waals surface area contributed by atoms with Crippen molar-refractivity contribution in [2.75, 3.05) is 6.61 Å². The van der Waals surface area contributed by atoms with Crippen molar-refractivity contribution in [1.29, 1.82) is 0 Å². The maximum absolute atomic E-state index is 5.91. The van der Waals surface area contributed by atoms with Crippen molar-refractivity contribution in [3.05, 3.63) is 0 Å². The van der Waals surface area contributed by atoms with E-state index in [1.807, 2.05) is 0 Å². The van der Waals surface area contributed by atoms with Gasteiger partial charge in [-0.2, -0.15) is 0 Å². The van der Waals surface area contributed by atoms with Gasteiger partial charge < -0.3 is 0 Å². The minimum absolute atomic E-state index is 0.986. The summed E-state index contributed by atoms with van der Waals surface area (Å²) in [5.41, 5.74) is 0. The molecule has 0 radical (unpaired) electrons. The zero-order chi connectivity index (χ0) is 9.45. The van der Waals surface area contributed by atoms with Crippen molar-refractivity contribution in [2.45, 2.75) is 50.4 Å². The topological polar surface area (TPSA) is 9.23 Å². The summed E-state index contributed by atoms with van der Waals surface area (Å²) in [7, 11) is -1.26. The van der Waals surface area contributed by atoms with Crippen LogP contribution in [0.1, 0.15) is 26.2 Å². The van der Waals surface area contributed by atoms with E-state index in [9.17, 15) is 0 Å². The second-order valence-electron chi connectivity index (χ2n) is 4.07. The monoisotopic (exact) mass is 180 g/mol. The van der Waals surface area contributed by atoms with Crippen LogP contribution < -0.4 is 0 Å². The zero-order valence-corrected chi connectivity index (χ0v) is 10.2. The molecule has 0 aliphatic rings. The van der Waals surface area contributed by atoms with Gasteiger partial charge in [0.2, 0.25) is 0 Å². The zero-order valence-electron chi connectivity index (χ0n) is 9.15. The van der Waals surface area contributed by atoms with Gasteiger partial charge in [-0.25, -0.2) is 0 Å². The molecule has 0 amide bonds. The van der Waals surface area contributed by atoms with Crippen LogP contribution in [0.5, 0.6) is 0 Å². The van der Waals surface area contributed by atoms with Crippen LogP contribution in [0.15, 0.2) is 0 Å². The van der Waals surface area contributed by atoms with Gasteiger partial charge in [-0.05, 0) is 0 Å². The van der Waals surface area contributed by atoms with Crippen molar-refractivity contribution < 1.29 is 4.43 Å². The third kappa shape index (κ3) is 7.42. The quantitative estimate of drug-likeness (QED) is 0.432. The van der Waals surface area contributed by atoms with Gasteiger partial charge in [-0.15, -0.1) is 0 Å². The molecule has 0 saturated carbocycles. The SMILES string of the molecule is [Li][CH2]CCO[Si](C)(C)CCCC. The molecule has 3 heteroatoms. The summed E-state index contributed by atoms with van der Waals surface area (Å²) in [6.45, 7) is 7.90. The molecule has 0 bridgehead atoms. The molecular formula is C9H21LiOSi. The van der Waals surface area contributed by atoms with Crippen LogP contribution in [0.2, 0.25) is 24.2 Å². The molecule has 0 aromatic carbocycles. The fourth-order valence-corrected chi connectivity index (χ4v) is 3.21. The summed E-state index contributed by atoms with van der Waals surface area (Å²) in [6.07, 6.45) is 3.86. The Morgan fingerprint density at radius 3 is 2.42 bits per heavy atom. The van der Waals surface area contributed by atoms with E-state index in [1.54, 1.807) is 0 Å². The molecule has 0 N–H and O–H groups in total. The minimum atomic E-state index is -1.26. The van der Waals surface area contributed by atoms with Crippen LogP contribution >= 0.6 is 0 Å². The van der Waals surface area contributed by atoms with Crippen LogP contribution in [-0.2, 0) is 4.43 Å². The van der Waals surface area contributed by atoms with Gasteiger partial charge in [0.25, 0.3) is 0 Å². The Labute approximate surface area is 87.6 Å². The number of rotatable bonds is 7. The maximum atomic E-state index is 5.91. The Morgan fingerprint density at radius 2 is 1.92 bits per heavy atom. The average Bonchev–Trinajstić information content (AvgIpc) is 2.01. The first kappa shape index (κ1) is 12.8. The molecule has 0 aromatic rings. The van der Waals surface area contributed by atoms with Crippen molar-refractivity contribution in [3.8, 4) is 0 Å². The normalized spacial score (nSPS) is 12.1. The van der Waals surface area contributed by atoms with Crippen LogP contribution in [0.3, 0.4) is 0 Å².